The van der Waals surface area contributed by atoms with E-state index in [1.54, 1.807) is 35.6 Å². The van der Waals surface area contributed by atoms with E-state index in [4.69, 9.17) is 9.15 Å². The number of hydrogen-bond acceptors (Lipinski definition) is 4. The lowest BCUT2D eigenvalue weighted by atomic mass is 10.0. The normalized spacial score (nSPS) is 13.3. The van der Waals surface area contributed by atoms with Gasteiger partial charge in [0, 0.05) is 11.1 Å². The van der Waals surface area contributed by atoms with Crippen LogP contribution in [0, 0.1) is 6.92 Å². The summed E-state index contributed by atoms with van der Waals surface area (Å²) in [5.41, 5.74) is 5.26. The first kappa shape index (κ1) is 16.1. The Labute approximate surface area is 150 Å². The minimum atomic E-state index is -0.132. The molecule has 0 saturated carbocycles. The van der Waals surface area contributed by atoms with Crippen molar-refractivity contribution in [2.24, 2.45) is 0 Å². The Hall–Kier alpha value is -3.34. The molecule has 2 heterocycles. The van der Waals surface area contributed by atoms with Crippen molar-refractivity contribution in [1.29, 1.82) is 0 Å². The number of furan rings is 1. The predicted octanol–water partition coefficient (Wildman–Crippen LogP) is 3.99. The summed E-state index contributed by atoms with van der Waals surface area (Å²) in [6, 6.07) is 13.2. The van der Waals surface area contributed by atoms with E-state index in [0.717, 1.165) is 28.5 Å². The van der Waals surface area contributed by atoms with Crippen molar-refractivity contribution < 1.29 is 18.7 Å². The van der Waals surface area contributed by atoms with Gasteiger partial charge in [-0.1, -0.05) is 17.7 Å². The monoisotopic (exact) mass is 347 g/mol. The third-order valence-corrected chi connectivity index (χ3v) is 4.39. The van der Waals surface area contributed by atoms with Crippen molar-refractivity contribution in [1.82, 2.24) is 0 Å². The fourth-order valence-corrected chi connectivity index (χ4v) is 3.20. The Morgan fingerprint density at radius 2 is 2.00 bits per heavy atom. The van der Waals surface area contributed by atoms with E-state index in [1.165, 1.54) is 0 Å². The molecule has 0 unspecified atom stereocenters. The second-order valence-corrected chi connectivity index (χ2v) is 6.33. The van der Waals surface area contributed by atoms with E-state index >= 15 is 0 Å². The molecule has 0 fully saturated rings. The minimum absolute atomic E-state index is 0.00611. The van der Waals surface area contributed by atoms with Crippen LogP contribution in [0.1, 0.15) is 21.5 Å². The number of fused-ring (bicyclic) bond motifs is 1. The molecular formula is C21H17NO4. The molecule has 0 N–H and O–H groups in total. The molecule has 2 aromatic carbocycles. The average Bonchev–Trinajstić information content (AvgIpc) is 3.18. The lowest BCUT2D eigenvalue weighted by molar-refractivity contribution is -0.121. The van der Waals surface area contributed by atoms with E-state index in [2.05, 4.69) is 12.1 Å². The minimum Gasteiger partial charge on any atom is -0.482 e. The second kappa shape index (κ2) is 6.52. The molecule has 5 nitrogen and oxygen atoms in total. The van der Waals surface area contributed by atoms with Crippen molar-refractivity contribution in [3.05, 3.63) is 71.7 Å². The van der Waals surface area contributed by atoms with Crippen LogP contribution < -0.4 is 9.64 Å². The van der Waals surface area contributed by atoms with Crippen molar-refractivity contribution in [3.63, 3.8) is 0 Å². The standard InChI is InChI=1S/C21H17NO4/c1-14-6-16(8-18(7-14)17-4-5-25-12-17)10-22-19-9-15(11-23)2-3-20(19)26-13-21(22)24/h2-9,11-12H,10,13H2,1H3. The van der Waals surface area contributed by atoms with Gasteiger partial charge in [-0.25, -0.2) is 0 Å². The van der Waals surface area contributed by atoms with Crippen molar-refractivity contribution >= 4 is 17.9 Å². The molecule has 3 aromatic rings. The number of carbonyl (C=O) groups is 2. The van der Waals surface area contributed by atoms with Gasteiger partial charge >= 0.3 is 0 Å². The number of hydrogen-bond donors (Lipinski definition) is 0. The van der Waals surface area contributed by atoms with Crippen LogP contribution in [-0.4, -0.2) is 18.8 Å². The van der Waals surface area contributed by atoms with Gasteiger partial charge in [0.2, 0.25) is 0 Å². The summed E-state index contributed by atoms with van der Waals surface area (Å²) in [5, 5.41) is 0. The molecule has 1 amide bonds. The zero-order chi connectivity index (χ0) is 18.1. The number of ether oxygens (including phenoxy) is 1. The third kappa shape index (κ3) is 2.99. The zero-order valence-electron chi connectivity index (χ0n) is 14.3. The van der Waals surface area contributed by atoms with Gasteiger partial charge in [-0.05, 0) is 48.4 Å². The van der Waals surface area contributed by atoms with Gasteiger partial charge in [-0.3, -0.25) is 9.59 Å². The highest BCUT2D eigenvalue weighted by molar-refractivity contribution is 5.98. The molecule has 0 spiro atoms. The first-order valence-electron chi connectivity index (χ1n) is 8.29. The van der Waals surface area contributed by atoms with Gasteiger partial charge in [-0.15, -0.1) is 0 Å². The topological polar surface area (TPSA) is 59.8 Å². The Morgan fingerprint density at radius 3 is 2.77 bits per heavy atom. The van der Waals surface area contributed by atoms with Crippen LogP contribution in [0.25, 0.3) is 11.1 Å². The molecule has 0 saturated heterocycles. The molecule has 4 rings (SSSR count). The Bertz CT molecular complexity index is 976. The van der Waals surface area contributed by atoms with E-state index in [1.807, 2.05) is 19.1 Å². The van der Waals surface area contributed by atoms with Gasteiger partial charge in [0.1, 0.15) is 12.0 Å². The fourth-order valence-electron chi connectivity index (χ4n) is 3.20. The first-order valence-corrected chi connectivity index (χ1v) is 8.29. The lowest BCUT2D eigenvalue weighted by Crippen LogP contribution is -2.38. The maximum atomic E-state index is 12.5. The number of amides is 1. The molecule has 0 radical (unpaired) electrons. The number of rotatable bonds is 4. The molecule has 1 aliphatic heterocycles. The quantitative estimate of drug-likeness (QED) is 0.670. The summed E-state index contributed by atoms with van der Waals surface area (Å²) >= 11 is 0. The largest absolute Gasteiger partial charge is 0.482 e. The molecule has 0 atom stereocenters. The number of nitrogens with zero attached hydrogens (tertiary/aromatic N) is 1. The van der Waals surface area contributed by atoms with Crippen molar-refractivity contribution in [2.75, 3.05) is 11.5 Å². The fraction of sp³-hybridized carbons (Fsp3) is 0.143. The predicted molar refractivity (Wildman–Crippen MR) is 97.4 cm³/mol. The van der Waals surface area contributed by atoms with Crippen LogP contribution in [0.5, 0.6) is 5.75 Å². The van der Waals surface area contributed by atoms with Gasteiger partial charge in [0.25, 0.3) is 5.91 Å². The maximum absolute atomic E-state index is 12.5. The second-order valence-electron chi connectivity index (χ2n) is 6.33. The smallest absolute Gasteiger partial charge is 0.265 e. The number of benzene rings is 2. The van der Waals surface area contributed by atoms with Gasteiger partial charge < -0.3 is 14.1 Å². The van der Waals surface area contributed by atoms with Crippen LogP contribution >= 0.6 is 0 Å². The summed E-state index contributed by atoms with van der Waals surface area (Å²) in [6.45, 7) is 2.42. The van der Waals surface area contributed by atoms with Gasteiger partial charge in [0.05, 0.1) is 24.8 Å². The van der Waals surface area contributed by atoms with Crippen LogP contribution in [0.15, 0.2) is 59.4 Å². The SMILES string of the molecule is Cc1cc(CN2C(=O)COc3ccc(C=O)cc32)cc(-c2ccoc2)c1. The zero-order valence-corrected chi connectivity index (χ0v) is 14.3. The Kier molecular flexibility index (Phi) is 4.05. The highest BCUT2D eigenvalue weighted by atomic mass is 16.5. The van der Waals surface area contributed by atoms with Gasteiger partial charge in [-0.2, -0.15) is 0 Å². The lowest BCUT2D eigenvalue weighted by Gasteiger charge is -2.30. The number of aldehydes is 1. The van der Waals surface area contributed by atoms with Crippen LogP contribution in [-0.2, 0) is 11.3 Å². The maximum Gasteiger partial charge on any atom is 0.265 e. The van der Waals surface area contributed by atoms with E-state index in [-0.39, 0.29) is 12.5 Å². The molecule has 1 aromatic heterocycles. The molecule has 0 aliphatic carbocycles. The molecule has 130 valence electrons. The Balaban J connectivity index is 1.71. The van der Waals surface area contributed by atoms with Crippen molar-refractivity contribution in [2.45, 2.75) is 13.5 Å². The highest BCUT2D eigenvalue weighted by Crippen LogP contribution is 2.34. The number of aryl methyl sites for hydroxylation is 1. The van der Waals surface area contributed by atoms with Crippen LogP contribution in [0.3, 0.4) is 0 Å². The van der Waals surface area contributed by atoms with E-state index in [9.17, 15) is 9.59 Å². The summed E-state index contributed by atoms with van der Waals surface area (Å²) in [5.74, 6) is 0.477. The molecule has 26 heavy (non-hydrogen) atoms. The number of anilines is 1. The Morgan fingerprint density at radius 1 is 1.12 bits per heavy atom. The number of carbonyl (C=O) groups excluding carboxylic acids is 2. The highest BCUT2D eigenvalue weighted by Gasteiger charge is 2.26. The average molecular weight is 347 g/mol. The van der Waals surface area contributed by atoms with E-state index in [0.29, 0.717) is 23.5 Å². The first-order chi connectivity index (χ1) is 12.6. The summed E-state index contributed by atoms with van der Waals surface area (Å²) in [6.07, 6.45) is 4.10. The van der Waals surface area contributed by atoms with Gasteiger partial charge in [0.15, 0.2) is 6.61 Å². The molecule has 0 bridgehead atoms. The van der Waals surface area contributed by atoms with E-state index < -0.39 is 0 Å². The summed E-state index contributed by atoms with van der Waals surface area (Å²) in [4.78, 5) is 25.2. The molecular weight excluding hydrogens is 330 g/mol. The van der Waals surface area contributed by atoms with Crippen LogP contribution in [0.2, 0.25) is 0 Å². The molecule has 5 heteroatoms. The summed E-state index contributed by atoms with van der Waals surface area (Å²) < 4.78 is 10.7. The summed E-state index contributed by atoms with van der Waals surface area (Å²) in [7, 11) is 0. The van der Waals surface area contributed by atoms with Crippen LogP contribution in [0.4, 0.5) is 5.69 Å². The third-order valence-electron chi connectivity index (χ3n) is 4.39. The van der Waals surface area contributed by atoms with Crippen molar-refractivity contribution in [3.8, 4) is 16.9 Å². The molecule has 1 aliphatic rings.